The molecule has 1 atom stereocenters. The molecule has 2 aliphatic rings. The molecule has 2 N–H and O–H groups in total. The maximum atomic E-state index is 16.2. The van der Waals surface area contributed by atoms with Gasteiger partial charge in [-0.3, -0.25) is 9.59 Å². The molecule has 0 radical (unpaired) electrons. The molecule has 12 heteroatoms. The molecule has 1 unspecified atom stereocenters. The van der Waals surface area contributed by atoms with Crippen molar-refractivity contribution in [2.75, 3.05) is 49.1 Å². The number of nitrogens with one attached hydrogen (secondary N) is 1. The number of phenols is 1. The number of hydrogen-bond acceptors (Lipinski definition) is 7. The van der Waals surface area contributed by atoms with Gasteiger partial charge in [-0.05, 0) is 30.7 Å². The number of rotatable bonds is 5. The molecule has 0 aliphatic carbocycles. The van der Waals surface area contributed by atoms with Crippen molar-refractivity contribution in [3.05, 3.63) is 53.6 Å². The minimum Gasteiger partial charge on any atom is -0.507 e. The van der Waals surface area contributed by atoms with Crippen LogP contribution >= 0.6 is 11.6 Å². The summed E-state index contributed by atoms with van der Waals surface area (Å²) in [6.45, 7) is 7.75. The Morgan fingerprint density at radius 2 is 1.87 bits per heavy atom. The highest BCUT2D eigenvalue weighted by molar-refractivity contribution is 6.34. The summed E-state index contributed by atoms with van der Waals surface area (Å²) in [6, 6.07) is 5.00. The number of phenolic OH excluding ortho intramolecular Hbond substituents is 1. The maximum Gasteiger partial charge on any atom is 0.243 e. The number of halogens is 3. The Morgan fingerprint density at radius 1 is 1.13 bits per heavy atom. The third-order valence-electron chi connectivity index (χ3n) is 7.12. The van der Waals surface area contributed by atoms with Crippen molar-refractivity contribution in [3.63, 3.8) is 0 Å². The van der Waals surface area contributed by atoms with Gasteiger partial charge < -0.3 is 25.1 Å². The average molecular weight is 557 g/mol. The number of hydrogen-bond donors (Lipinski definition) is 2. The molecule has 204 valence electrons. The molecule has 2 fully saturated rings. The van der Waals surface area contributed by atoms with Gasteiger partial charge in [-0.1, -0.05) is 24.2 Å². The fraction of sp³-hybridized carbons (Fsp3) is 0.333. The first-order valence-electron chi connectivity index (χ1n) is 12.5. The van der Waals surface area contributed by atoms with Crippen LogP contribution in [0.2, 0.25) is 5.02 Å². The smallest absolute Gasteiger partial charge is 0.243 e. The van der Waals surface area contributed by atoms with E-state index >= 15 is 4.39 Å². The lowest BCUT2D eigenvalue weighted by Gasteiger charge is -2.35. The summed E-state index contributed by atoms with van der Waals surface area (Å²) in [5.74, 6) is -1.82. The molecule has 5 rings (SSSR count). The summed E-state index contributed by atoms with van der Waals surface area (Å²) < 4.78 is 31.0. The van der Waals surface area contributed by atoms with Crippen molar-refractivity contribution in [1.29, 1.82) is 0 Å². The highest BCUT2D eigenvalue weighted by atomic mass is 35.5. The fourth-order valence-electron chi connectivity index (χ4n) is 5.09. The fourth-order valence-corrected chi connectivity index (χ4v) is 5.38. The highest BCUT2D eigenvalue weighted by Crippen LogP contribution is 2.43. The van der Waals surface area contributed by atoms with Crippen molar-refractivity contribution in [1.82, 2.24) is 20.2 Å². The Labute approximate surface area is 228 Å². The highest BCUT2D eigenvalue weighted by Gasteiger charge is 2.30. The molecule has 39 heavy (non-hydrogen) atoms. The zero-order chi connectivity index (χ0) is 27.8. The number of carbonyl (C=O) groups is 2. The van der Waals surface area contributed by atoms with E-state index in [4.69, 9.17) is 16.6 Å². The molecule has 3 aromatic rings. The van der Waals surface area contributed by atoms with E-state index in [1.807, 2.05) is 9.80 Å². The maximum absolute atomic E-state index is 16.2. The monoisotopic (exact) mass is 556 g/mol. The summed E-state index contributed by atoms with van der Waals surface area (Å²) >= 11 is 6.51. The number of aromatic hydroxyl groups is 1. The summed E-state index contributed by atoms with van der Waals surface area (Å²) in [6.07, 6.45) is 1.83. The van der Waals surface area contributed by atoms with E-state index in [-0.39, 0.29) is 45.5 Å². The lowest BCUT2D eigenvalue weighted by Crippen LogP contribution is -2.48. The molecule has 0 spiro atoms. The van der Waals surface area contributed by atoms with E-state index in [1.54, 1.807) is 4.90 Å². The number of nitrogens with zero attached hydrogens (tertiary/aromatic N) is 5. The van der Waals surface area contributed by atoms with Gasteiger partial charge in [0.05, 0.1) is 10.6 Å². The van der Waals surface area contributed by atoms with Crippen LogP contribution in [0.15, 0.2) is 36.9 Å². The molecule has 9 nitrogen and oxygen atoms in total. The minimum atomic E-state index is -0.888. The van der Waals surface area contributed by atoms with Crippen molar-refractivity contribution in [3.8, 4) is 16.9 Å². The van der Waals surface area contributed by atoms with Gasteiger partial charge in [-0.15, -0.1) is 0 Å². The molecule has 0 bridgehead atoms. The standard InChI is InChI=1S/C27H27ClF2N6O3/c1-3-21(39)31-16-7-8-36(14-16)27-32-25-17(26(33-27)35-11-9-34(10-12-35)15(2)37)13-18(28)22(24(25)30)23-19(29)5-4-6-20(23)38/h3-6,13,16,38H,1,7-12,14H2,2H3,(H,31,39). The molecule has 1 aromatic heterocycles. The Hall–Kier alpha value is -3.99. The summed E-state index contributed by atoms with van der Waals surface area (Å²) in [5.41, 5.74) is -0.731. The van der Waals surface area contributed by atoms with Crippen LogP contribution in [-0.2, 0) is 9.59 Å². The van der Waals surface area contributed by atoms with E-state index in [0.717, 1.165) is 6.07 Å². The van der Waals surface area contributed by atoms with Crippen molar-refractivity contribution in [2.45, 2.75) is 19.4 Å². The second-order valence-corrected chi connectivity index (χ2v) is 9.97. The van der Waals surface area contributed by atoms with Gasteiger partial charge in [-0.2, -0.15) is 4.98 Å². The average Bonchev–Trinajstić information content (AvgIpc) is 3.38. The largest absolute Gasteiger partial charge is 0.507 e. The van der Waals surface area contributed by atoms with E-state index in [9.17, 15) is 19.1 Å². The topological polar surface area (TPSA) is 102 Å². The van der Waals surface area contributed by atoms with E-state index in [1.165, 1.54) is 31.2 Å². The molecular weight excluding hydrogens is 530 g/mol. The lowest BCUT2D eigenvalue weighted by atomic mass is 10.0. The zero-order valence-corrected chi connectivity index (χ0v) is 22.0. The number of piperazine rings is 1. The number of fused-ring (bicyclic) bond motifs is 1. The molecule has 2 aliphatic heterocycles. The van der Waals surface area contributed by atoms with Crippen molar-refractivity contribution in [2.24, 2.45) is 0 Å². The zero-order valence-electron chi connectivity index (χ0n) is 21.3. The molecule has 0 saturated carbocycles. The number of aromatic nitrogens is 2. The van der Waals surface area contributed by atoms with Crippen LogP contribution in [0.1, 0.15) is 13.3 Å². The van der Waals surface area contributed by atoms with Gasteiger partial charge in [0.2, 0.25) is 17.8 Å². The Morgan fingerprint density at radius 3 is 2.54 bits per heavy atom. The third-order valence-corrected chi connectivity index (χ3v) is 7.42. The first-order valence-corrected chi connectivity index (χ1v) is 12.9. The SMILES string of the molecule is C=CC(=O)NC1CCN(c2nc(N3CCN(C(C)=O)CC3)c3cc(Cl)c(-c4c(O)cccc4F)c(F)c3n2)C1. The van der Waals surface area contributed by atoms with Crippen LogP contribution in [0.3, 0.4) is 0 Å². The second-order valence-electron chi connectivity index (χ2n) is 9.56. The summed E-state index contributed by atoms with van der Waals surface area (Å²) in [5, 5.41) is 13.4. The van der Waals surface area contributed by atoms with Crippen LogP contribution in [0, 0.1) is 11.6 Å². The van der Waals surface area contributed by atoms with E-state index in [0.29, 0.717) is 56.9 Å². The Bertz CT molecular complexity index is 1460. The van der Waals surface area contributed by atoms with Crippen LogP contribution < -0.4 is 15.1 Å². The number of amides is 2. The van der Waals surface area contributed by atoms with Crippen molar-refractivity contribution >= 4 is 46.1 Å². The van der Waals surface area contributed by atoms with Gasteiger partial charge in [0.15, 0.2) is 5.82 Å². The number of benzene rings is 2. The molecule has 2 saturated heterocycles. The quantitative estimate of drug-likeness (QED) is 0.464. The number of anilines is 2. The minimum absolute atomic E-state index is 0.0315. The van der Waals surface area contributed by atoms with Crippen LogP contribution in [0.4, 0.5) is 20.5 Å². The molecule has 3 heterocycles. The molecule has 2 amide bonds. The van der Waals surface area contributed by atoms with Crippen LogP contribution in [0.25, 0.3) is 22.0 Å². The van der Waals surface area contributed by atoms with E-state index < -0.39 is 17.4 Å². The Balaban J connectivity index is 1.63. The van der Waals surface area contributed by atoms with Crippen LogP contribution in [-0.4, -0.2) is 77.1 Å². The van der Waals surface area contributed by atoms with E-state index in [2.05, 4.69) is 16.9 Å². The van der Waals surface area contributed by atoms with Gasteiger partial charge in [0, 0.05) is 63.2 Å². The second kappa shape index (κ2) is 10.6. The summed E-state index contributed by atoms with van der Waals surface area (Å²) in [4.78, 5) is 38.5. The third kappa shape index (κ3) is 5.06. The lowest BCUT2D eigenvalue weighted by molar-refractivity contribution is -0.129. The normalized spacial score (nSPS) is 17.5. The first kappa shape index (κ1) is 26.6. The van der Waals surface area contributed by atoms with Gasteiger partial charge in [0.25, 0.3) is 0 Å². The van der Waals surface area contributed by atoms with Crippen LogP contribution in [0.5, 0.6) is 5.75 Å². The first-order chi connectivity index (χ1) is 18.7. The van der Waals surface area contributed by atoms with Gasteiger partial charge >= 0.3 is 0 Å². The van der Waals surface area contributed by atoms with Gasteiger partial charge in [-0.25, -0.2) is 13.8 Å². The molecule has 2 aromatic carbocycles. The predicted molar refractivity (Wildman–Crippen MR) is 145 cm³/mol. The summed E-state index contributed by atoms with van der Waals surface area (Å²) in [7, 11) is 0. The van der Waals surface area contributed by atoms with Crippen molar-refractivity contribution < 1.29 is 23.5 Å². The molecular formula is C27H27ClF2N6O3. The number of carbonyl (C=O) groups excluding carboxylic acids is 2. The Kier molecular flexibility index (Phi) is 7.26. The van der Waals surface area contributed by atoms with Gasteiger partial charge in [0.1, 0.15) is 22.9 Å². The predicted octanol–water partition coefficient (Wildman–Crippen LogP) is 3.48.